The lowest BCUT2D eigenvalue weighted by atomic mass is 10.2. The molecular formula is C13H16ClN3O2S. The van der Waals surface area contributed by atoms with Gasteiger partial charge in [0.2, 0.25) is 0 Å². The number of nitrogens with one attached hydrogen (secondary N) is 1. The quantitative estimate of drug-likeness (QED) is 0.769. The molecule has 0 aliphatic rings. The molecule has 108 valence electrons. The number of anilines is 1. The van der Waals surface area contributed by atoms with Gasteiger partial charge in [0, 0.05) is 19.2 Å². The van der Waals surface area contributed by atoms with Gasteiger partial charge in [0.1, 0.15) is 17.6 Å². The zero-order chi connectivity index (χ0) is 14.4. The molecule has 0 aliphatic carbocycles. The van der Waals surface area contributed by atoms with Gasteiger partial charge >= 0.3 is 0 Å². The minimum atomic E-state index is -0.578. The fraction of sp³-hybridized carbons (Fsp3) is 0.385. The van der Waals surface area contributed by atoms with Crippen molar-refractivity contribution in [2.24, 2.45) is 0 Å². The number of thiophene rings is 1. The Hall–Kier alpha value is -1.21. The van der Waals surface area contributed by atoms with Crippen LogP contribution in [0.4, 0.5) is 5.82 Å². The Morgan fingerprint density at radius 3 is 3.05 bits per heavy atom. The summed E-state index contributed by atoms with van der Waals surface area (Å²) in [6, 6.07) is 3.52. The van der Waals surface area contributed by atoms with Crippen molar-refractivity contribution in [2.75, 3.05) is 18.5 Å². The SMILES string of the molecule is CCOCc1nc(Cl)cc(NCC(O)c2ccsc2)n1. The highest BCUT2D eigenvalue weighted by atomic mass is 35.5. The maximum absolute atomic E-state index is 9.99. The van der Waals surface area contributed by atoms with Crippen LogP contribution in [0, 0.1) is 0 Å². The van der Waals surface area contributed by atoms with Crippen molar-refractivity contribution >= 4 is 28.8 Å². The van der Waals surface area contributed by atoms with E-state index in [1.807, 2.05) is 23.8 Å². The topological polar surface area (TPSA) is 67.3 Å². The first-order valence-electron chi connectivity index (χ1n) is 6.24. The fourth-order valence-electron chi connectivity index (χ4n) is 1.60. The van der Waals surface area contributed by atoms with Gasteiger partial charge in [0.15, 0.2) is 5.82 Å². The van der Waals surface area contributed by atoms with Gasteiger partial charge in [-0.2, -0.15) is 11.3 Å². The highest BCUT2D eigenvalue weighted by Gasteiger charge is 2.09. The van der Waals surface area contributed by atoms with Crippen LogP contribution in [0.25, 0.3) is 0 Å². The van der Waals surface area contributed by atoms with Crippen molar-refractivity contribution in [3.63, 3.8) is 0 Å². The lowest BCUT2D eigenvalue weighted by molar-refractivity contribution is 0.128. The maximum atomic E-state index is 9.99. The summed E-state index contributed by atoms with van der Waals surface area (Å²) in [7, 11) is 0. The Morgan fingerprint density at radius 1 is 1.50 bits per heavy atom. The van der Waals surface area contributed by atoms with Gasteiger partial charge in [-0.25, -0.2) is 9.97 Å². The van der Waals surface area contributed by atoms with Crippen LogP contribution in [0.15, 0.2) is 22.9 Å². The van der Waals surface area contributed by atoms with Crippen LogP contribution in [0.2, 0.25) is 5.15 Å². The van der Waals surface area contributed by atoms with E-state index in [-0.39, 0.29) is 0 Å². The number of rotatable bonds is 7. The summed E-state index contributed by atoms with van der Waals surface area (Å²) in [4.78, 5) is 8.36. The number of aromatic nitrogens is 2. The van der Waals surface area contributed by atoms with Crippen LogP contribution in [0.5, 0.6) is 0 Å². The van der Waals surface area contributed by atoms with Crippen molar-refractivity contribution < 1.29 is 9.84 Å². The molecule has 0 radical (unpaired) electrons. The molecule has 20 heavy (non-hydrogen) atoms. The van der Waals surface area contributed by atoms with E-state index >= 15 is 0 Å². The number of hydrogen-bond donors (Lipinski definition) is 2. The summed E-state index contributed by atoms with van der Waals surface area (Å²) in [5.41, 5.74) is 0.886. The van der Waals surface area contributed by atoms with Crippen LogP contribution < -0.4 is 5.32 Å². The number of aliphatic hydroxyl groups excluding tert-OH is 1. The monoisotopic (exact) mass is 313 g/mol. The Kier molecular flexibility index (Phi) is 5.72. The van der Waals surface area contributed by atoms with E-state index in [0.29, 0.717) is 36.6 Å². The zero-order valence-corrected chi connectivity index (χ0v) is 12.6. The standard InChI is InChI=1S/C13H16ClN3O2S/c1-2-19-7-13-16-11(14)5-12(17-13)15-6-10(18)9-3-4-20-8-9/h3-5,8,10,18H,2,6-7H2,1H3,(H,15,16,17). The van der Waals surface area contributed by atoms with Crippen molar-refractivity contribution in [3.05, 3.63) is 39.4 Å². The molecule has 2 aromatic rings. The van der Waals surface area contributed by atoms with E-state index < -0.39 is 6.10 Å². The molecule has 2 rings (SSSR count). The lowest BCUT2D eigenvalue weighted by Gasteiger charge is -2.12. The minimum absolute atomic E-state index is 0.318. The van der Waals surface area contributed by atoms with Crippen LogP contribution in [0.1, 0.15) is 24.4 Å². The number of aliphatic hydroxyl groups is 1. The van der Waals surface area contributed by atoms with Gasteiger partial charge in [-0.15, -0.1) is 0 Å². The van der Waals surface area contributed by atoms with Crippen LogP contribution in [-0.4, -0.2) is 28.2 Å². The second kappa shape index (κ2) is 7.54. The summed E-state index contributed by atoms with van der Waals surface area (Å²) in [5.74, 6) is 1.10. The van der Waals surface area contributed by atoms with E-state index in [4.69, 9.17) is 16.3 Å². The molecule has 1 atom stereocenters. The molecule has 0 aromatic carbocycles. The van der Waals surface area contributed by atoms with Gasteiger partial charge in [0.05, 0.1) is 6.10 Å². The van der Waals surface area contributed by atoms with Crippen LogP contribution >= 0.6 is 22.9 Å². The van der Waals surface area contributed by atoms with Gasteiger partial charge in [0.25, 0.3) is 0 Å². The third kappa shape index (κ3) is 4.42. The maximum Gasteiger partial charge on any atom is 0.158 e. The Bertz CT molecular complexity index is 536. The average Bonchev–Trinajstić information content (AvgIpc) is 2.96. The van der Waals surface area contributed by atoms with Gasteiger partial charge < -0.3 is 15.2 Å². The molecule has 0 saturated carbocycles. The molecule has 2 heterocycles. The Morgan fingerprint density at radius 2 is 2.35 bits per heavy atom. The number of hydrogen-bond acceptors (Lipinski definition) is 6. The molecule has 5 nitrogen and oxygen atoms in total. The second-order valence-corrected chi connectivity index (χ2v) is 5.25. The first-order valence-corrected chi connectivity index (χ1v) is 7.56. The highest BCUT2D eigenvalue weighted by molar-refractivity contribution is 7.07. The molecule has 0 saturated heterocycles. The zero-order valence-electron chi connectivity index (χ0n) is 11.0. The van der Waals surface area contributed by atoms with Gasteiger partial charge in [-0.1, -0.05) is 11.6 Å². The first-order chi connectivity index (χ1) is 9.69. The molecule has 2 aromatic heterocycles. The molecule has 0 fully saturated rings. The number of nitrogens with zero attached hydrogens (tertiary/aromatic N) is 2. The predicted molar refractivity (Wildman–Crippen MR) is 80.1 cm³/mol. The van der Waals surface area contributed by atoms with E-state index in [1.54, 1.807) is 17.4 Å². The van der Waals surface area contributed by atoms with Gasteiger partial charge in [-0.05, 0) is 29.3 Å². The summed E-state index contributed by atoms with van der Waals surface area (Å²) in [6.07, 6.45) is -0.578. The molecule has 0 spiro atoms. The molecule has 0 aliphatic heterocycles. The Balaban J connectivity index is 1.96. The summed E-state index contributed by atoms with van der Waals surface area (Å²) >= 11 is 7.49. The largest absolute Gasteiger partial charge is 0.387 e. The Labute approximate surface area is 126 Å². The number of halogens is 1. The molecule has 1 unspecified atom stereocenters. The van der Waals surface area contributed by atoms with Crippen LogP contribution in [0.3, 0.4) is 0 Å². The summed E-state index contributed by atoms with van der Waals surface area (Å²) in [5, 5.41) is 17.2. The minimum Gasteiger partial charge on any atom is -0.387 e. The van der Waals surface area contributed by atoms with Crippen molar-refractivity contribution in [1.82, 2.24) is 9.97 Å². The predicted octanol–water partition coefficient (Wildman–Crippen LogP) is 2.87. The molecule has 2 N–H and O–H groups in total. The third-order valence-electron chi connectivity index (χ3n) is 2.58. The highest BCUT2D eigenvalue weighted by Crippen LogP contribution is 2.18. The van der Waals surface area contributed by atoms with Crippen molar-refractivity contribution in [3.8, 4) is 0 Å². The normalized spacial score (nSPS) is 12.3. The fourth-order valence-corrected chi connectivity index (χ4v) is 2.50. The third-order valence-corrected chi connectivity index (χ3v) is 3.48. The molecule has 7 heteroatoms. The van der Waals surface area contributed by atoms with E-state index in [1.165, 1.54) is 0 Å². The first kappa shape index (κ1) is 15.2. The molecule has 0 bridgehead atoms. The van der Waals surface area contributed by atoms with Crippen molar-refractivity contribution in [2.45, 2.75) is 19.6 Å². The van der Waals surface area contributed by atoms with E-state index in [0.717, 1.165) is 5.56 Å². The van der Waals surface area contributed by atoms with Gasteiger partial charge in [-0.3, -0.25) is 0 Å². The average molecular weight is 314 g/mol. The molecule has 0 amide bonds. The lowest BCUT2D eigenvalue weighted by Crippen LogP contribution is -2.13. The smallest absolute Gasteiger partial charge is 0.158 e. The number of ether oxygens (including phenoxy) is 1. The van der Waals surface area contributed by atoms with E-state index in [9.17, 15) is 5.11 Å². The molecular weight excluding hydrogens is 298 g/mol. The summed E-state index contributed by atoms with van der Waals surface area (Å²) < 4.78 is 5.25. The van der Waals surface area contributed by atoms with Crippen molar-refractivity contribution in [1.29, 1.82) is 0 Å². The van der Waals surface area contributed by atoms with E-state index in [2.05, 4.69) is 15.3 Å². The second-order valence-electron chi connectivity index (χ2n) is 4.08. The summed E-state index contributed by atoms with van der Waals surface area (Å²) in [6.45, 7) is 3.17. The van der Waals surface area contributed by atoms with Crippen LogP contribution in [-0.2, 0) is 11.3 Å².